The number of rotatable bonds is 6. The molecule has 8 nitrogen and oxygen atoms in total. The first kappa shape index (κ1) is 20.8. The highest BCUT2D eigenvalue weighted by Gasteiger charge is 2.28. The molecule has 33 heavy (non-hydrogen) atoms. The molecule has 0 radical (unpaired) electrons. The summed E-state index contributed by atoms with van der Waals surface area (Å²) in [5, 5.41) is 2.99. The van der Waals surface area contributed by atoms with Crippen molar-refractivity contribution in [3.05, 3.63) is 84.7 Å². The average molecular weight is 444 g/mol. The van der Waals surface area contributed by atoms with Gasteiger partial charge in [0, 0.05) is 43.2 Å². The lowest BCUT2D eigenvalue weighted by atomic mass is 9.95. The lowest BCUT2D eigenvalue weighted by Gasteiger charge is -2.31. The molecule has 0 spiro atoms. The van der Waals surface area contributed by atoms with Gasteiger partial charge in [-0.25, -0.2) is 4.98 Å². The number of fused-ring (bicyclic) bond motifs is 1. The van der Waals surface area contributed by atoms with Gasteiger partial charge >= 0.3 is 0 Å². The van der Waals surface area contributed by atoms with Gasteiger partial charge in [0.25, 0.3) is 5.91 Å². The number of carbonyl (C=O) groups excluding carboxylic acids is 2. The Hall–Kier alpha value is -4.07. The molecule has 1 fully saturated rings. The fourth-order valence-corrected chi connectivity index (χ4v) is 4.04. The molecule has 0 atom stereocenters. The summed E-state index contributed by atoms with van der Waals surface area (Å²) >= 11 is 0. The van der Waals surface area contributed by atoms with Crippen LogP contribution >= 0.6 is 0 Å². The summed E-state index contributed by atoms with van der Waals surface area (Å²) in [6.07, 6.45) is 8.07. The van der Waals surface area contributed by atoms with Crippen LogP contribution in [-0.2, 0) is 11.4 Å². The van der Waals surface area contributed by atoms with Crippen LogP contribution in [0.3, 0.4) is 0 Å². The summed E-state index contributed by atoms with van der Waals surface area (Å²) in [6.45, 7) is 1.43. The van der Waals surface area contributed by atoms with E-state index in [1.165, 1.54) is 12.5 Å². The Kier molecular flexibility index (Phi) is 5.80. The van der Waals surface area contributed by atoms with Crippen molar-refractivity contribution in [1.29, 1.82) is 0 Å². The minimum Gasteiger partial charge on any atom is -0.487 e. The van der Waals surface area contributed by atoms with E-state index in [2.05, 4.69) is 10.3 Å². The Bertz CT molecular complexity index is 1220. The lowest BCUT2D eigenvalue weighted by molar-refractivity contribution is -0.121. The molecule has 1 aliphatic rings. The second kappa shape index (κ2) is 9.20. The van der Waals surface area contributed by atoms with Gasteiger partial charge in [0.1, 0.15) is 24.3 Å². The summed E-state index contributed by atoms with van der Waals surface area (Å²) < 4.78 is 12.8. The summed E-state index contributed by atoms with van der Waals surface area (Å²) in [5.74, 6) is 0.423. The van der Waals surface area contributed by atoms with E-state index in [0.717, 1.165) is 11.3 Å². The molecule has 0 saturated carbocycles. The molecular weight excluding hydrogens is 420 g/mol. The maximum atomic E-state index is 12.8. The van der Waals surface area contributed by atoms with Crippen molar-refractivity contribution in [3.8, 4) is 5.75 Å². The van der Waals surface area contributed by atoms with Crippen LogP contribution in [0.4, 0.5) is 5.69 Å². The molecule has 0 aliphatic carbocycles. The molecule has 1 N–H and O–H groups in total. The Labute approximate surface area is 190 Å². The van der Waals surface area contributed by atoms with Crippen LogP contribution in [0.15, 0.2) is 77.9 Å². The van der Waals surface area contributed by atoms with Crippen LogP contribution < -0.4 is 10.1 Å². The van der Waals surface area contributed by atoms with E-state index >= 15 is 0 Å². The van der Waals surface area contributed by atoms with Gasteiger partial charge in [-0.05, 0) is 43.2 Å². The SMILES string of the molecule is O=C(Nc1cccc(OCc2cn3ccccc3n2)c1)C1CCN(C(=O)c2ccoc2)CC1. The molecule has 3 aromatic heterocycles. The van der Waals surface area contributed by atoms with Gasteiger partial charge in [-0.1, -0.05) is 12.1 Å². The number of anilines is 1. The maximum Gasteiger partial charge on any atom is 0.257 e. The second-order valence-corrected chi connectivity index (χ2v) is 8.08. The molecule has 4 heterocycles. The number of hydrogen-bond acceptors (Lipinski definition) is 5. The lowest BCUT2D eigenvalue weighted by Crippen LogP contribution is -2.41. The molecule has 8 heteroatoms. The Morgan fingerprint density at radius 1 is 1.12 bits per heavy atom. The van der Waals surface area contributed by atoms with Crippen LogP contribution in [-0.4, -0.2) is 39.2 Å². The van der Waals surface area contributed by atoms with Gasteiger partial charge in [-0.2, -0.15) is 0 Å². The molecule has 0 unspecified atom stereocenters. The first-order valence-corrected chi connectivity index (χ1v) is 10.9. The van der Waals surface area contributed by atoms with E-state index in [1.807, 2.05) is 59.3 Å². The van der Waals surface area contributed by atoms with Gasteiger partial charge < -0.3 is 23.8 Å². The van der Waals surface area contributed by atoms with E-state index < -0.39 is 0 Å². The molecule has 1 saturated heterocycles. The third kappa shape index (κ3) is 4.74. The highest BCUT2D eigenvalue weighted by atomic mass is 16.5. The quantitative estimate of drug-likeness (QED) is 0.486. The molecule has 5 rings (SSSR count). The van der Waals surface area contributed by atoms with Crippen molar-refractivity contribution in [2.75, 3.05) is 18.4 Å². The highest BCUT2D eigenvalue weighted by Crippen LogP contribution is 2.23. The third-order valence-corrected chi connectivity index (χ3v) is 5.82. The normalized spacial score (nSPS) is 14.4. The molecule has 4 aromatic rings. The zero-order chi connectivity index (χ0) is 22.6. The number of aromatic nitrogens is 2. The van der Waals surface area contributed by atoms with Gasteiger partial charge in [0.2, 0.25) is 5.91 Å². The number of likely N-dealkylation sites (tertiary alicyclic amines) is 1. The van der Waals surface area contributed by atoms with Crippen LogP contribution in [0.2, 0.25) is 0 Å². The maximum absolute atomic E-state index is 12.8. The zero-order valence-electron chi connectivity index (χ0n) is 18.0. The number of nitrogens with one attached hydrogen (secondary N) is 1. The first-order chi connectivity index (χ1) is 16.2. The van der Waals surface area contributed by atoms with E-state index in [0.29, 0.717) is 49.5 Å². The standard InChI is InChI=1S/C25H24N4O4/c30-24(18-7-11-28(12-8-18)25(31)19-9-13-32-16-19)27-20-4-3-5-22(14-20)33-17-21-15-29-10-2-1-6-23(29)26-21/h1-6,9-10,13-16,18H,7-8,11-12,17H2,(H,27,30). The van der Waals surface area contributed by atoms with Gasteiger partial charge in [0.05, 0.1) is 17.5 Å². The average Bonchev–Trinajstić information content (AvgIpc) is 3.53. The zero-order valence-corrected chi connectivity index (χ0v) is 18.0. The fourth-order valence-electron chi connectivity index (χ4n) is 4.04. The number of pyridine rings is 1. The van der Waals surface area contributed by atoms with Crippen molar-refractivity contribution < 1.29 is 18.7 Å². The Balaban J connectivity index is 1.14. The van der Waals surface area contributed by atoms with Crippen molar-refractivity contribution in [3.63, 3.8) is 0 Å². The van der Waals surface area contributed by atoms with Crippen molar-refractivity contribution in [1.82, 2.24) is 14.3 Å². The highest BCUT2D eigenvalue weighted by molar-refractivity contribution is 5.95. The smallest absolute Gasteiger partial charge is 0.257 e. The topological polar surface area (TPSA) is 89.1 Å². The number of carbonyl (C=O) groups is 2. The molecule has 1 aliphatic heterocycles. The van der Waals surface area contributed by atoms with Gasteiger partial charge in [0.15, 0.2) is 0 Å². The Morgan fingerprint density at radius 3 is 2.79 bits per heavy atom. The molecule has 168 valence electrons. The predicted molar refractivity (Wildman–Crippen MR) is 122 cm³/mol. The summed E-state index contributed by atoms with van der Waals surface area (Å²) in [5.41, 5.74) is 2.92. The van der Waals surface area contributed by atoms with Gasteiger partial charge in [-0.3, -0.25) is 9.59 Å². The minimum atomic E-state index is -0.138. The largest absolute Gasteiger partial charge is 0.487 e. The summed E-state index contributed by atoms with van der Waals surface area (Å²) in [7, 11) is 0. The predicted octanol–water partition coefficient (Wildman–Crippen LogP) is 4.00. The number of imidazole rings is 1. The summed E-state index contributed by atoms with van der Waals surface area (Å²) in [4.78, 5) is 31.5. The van der Waals surface area contributed by atoms with Gasteiger partial charge in [-0.15, -0.1) is 0 Å². The number of nitrogens with zero attached hydrogens (tertiary/aromatic N) is 3. The fraction of sp³-hybridized carbons (Fsp3) is 0.240. The number of ether oxygens (including phenoxy) is 1. The first-order valence-electron chi connectivity index (χ1n) is 10.9. The van der Waals surface area contributed by atoms with Crippen molar-refractivity contribution in [2.24, 2.45) is 5.92 Å². The minimum absolute atomic E-state index is 0.0390. The van der Waals surface area contributed by atoms with Crippen LogP contribution in [0.25, 0.3) is 5.65 Å². The summed E-state index contributed by atoms with van der Waals surface area (Å²) in [6, 6.07) is 14.8. The molecule has 2 amide bonds. The number of amides is 2. The van der Waals surface area contributed by atoms with E-state index in [9.17, 15) is 9.59 Å². The Morgan fingerprint density at radius 2 is 2.00 bits per heavy atom. The number of benzene rings is 1. The van der Waals surface area contributed by atoms with E-state index in [4.69, 9.17) is 9.15 Å². The third-order valence-electron chi connectivity index (χ3n) is 5.82. The van der Waals surface area contributed by atoms with Crippen LogP contribution in [0.1, 0.15) is 28.9 Å². The molecular formula is C25H24N4O4. The number of hydrogen-bond donors (Lipinski definition) is 1. The monoisotopic (exact) mass is 444 g/mol. The van der Waals surface area contributed by atoms with Crippen molar-refractivity contribution in [2.45, 2.75) is 19.4 Å². The van der Waals surface area contributed by atoms with Crippen LogP contribution in [0, 0.1) is 5.92 Å². The number of furan rings is 1. The van der Waals surface area contributed by atoms with Crippen molar-refractivity contribution >= 4 is 23.1 Å². The second-order valence-electron chi connectivity index (χ2n) is 8.08. The van der Waals surface area contributed by atoms with E-state index in [-0.39, 0.29) is 17.7 Å². The number of piperidine rings is 1. The molecule has 1 aromatic carbocycles. The van der Waals surface area contributed by atoms with E-state index in [1.54, 1.807) is 11.0 Å². The van der Waals surface area contributed by atoms with Crippen LogP contribution in [0.5, 0.6) is 5.75 Å². The molecule has 0 bridgehead atoms.